The van der Waals surface area contributed by atoms with E-state index < -0.39 is 23.6 Å². The Labute approximate surface area is 268 Å². The summed E-state index contributed by atoms with van der Waals surface area (Å²) in [6.45, 7) is 4.02. The molecular formula is C37H29N5O5. The first-order valence-electron chi connectivity index (χ1n) is 16.0. The van der Waals surface area contributed by atoms with Crippen LogP contribution < -0.4 is 15.4 Å². The van der Waals surface area contributed by atoms with Gasteiger partial charge in [-0.2, -0.15) is 0 Å². The van der Waals surface area contributed by atoms with Gasteiger partial charge in [-0.1, -0.05) is 56.3 Å². The summed E-state index contributed by atoms with van der Waals surface area (Å²) in [5.41, 5.74) is 7.13. The van der Waals surface area contributed by atoms with Crippen LogP contribution >= 0.6 is 0 Å². The number of fused-ring (bicyclic) bond motifs is 7. The Balaban J connectivity index is 1.36. The summed E-state index contributed by atoms with van der Waals surface area (Å²) in [4.78, 5) is 38.8. The molecule has 3 N–H and O–H groups in total. The molecule has 1 spiro atoms. The first kappa shape index (κ1) is 26.6. The van der Waals surface area contributed by atoms with Crippen LogP contribution in [0.25, 0.3) is 44.9 Å². The van der Waals surface area contributed by atoms with Gasteiger partial charge in [0.05, 0.1) is 6.20 Å². The fourth-order valence-corrected chi connectivity index (χ4v) is 8.11. The van der Waals surface area contributed by atoms with E-state index >= 15 is 0 Å². The number of aromatic nitrogens is 3. The van der Waals surface area contributed by atoms with Gasteiger partial charge in [0.1, 0.15) is 23.5 Å². The molecule has 0 radical (unpaired) electrons. The van der Waals surface area contributed by atoms with Crippen molar-refractivity contribution in [2.24, 2.45) is 11.8 Å². The third-order valence-corrected chi connectivity index (χ3v) is 10.3. The summed E-state index contributed by atoms with van der Waals surface area (Å²) in [7, 11) is 0. The molecule has 0 fully saturated rings. The summed E-state index contributed by atoms with van der Waals surface area (Å²) >= 11 is 0. The topological polar surface area (TPSA) is 135 Å². The number of aldehydes is 1. The zero-order valence-corrected chi connectivity index (χ0v) is 25.6. The summed E-state index contributed by atoms with van der Waals surface area (Å²) in [6.07, 6.45) is 4.40. The van der Waals surface area contributed by atoms with Gasteiger partial charge in [-0.25, -0.2) is 9.97 Å². The van der Waals surface area contributed by atoms with Gasteiger partial charge in [-0.3, -0.25) is 4.79 Å². The highest BCUT2D eigenvalue weighted by molar-refractivity contribution is 6.07. The van der Waals surface area contributed by atoms with Crippen LogP contribution in [0.4, 0.5) is 5.69 Å². The lowest BCUT2D eigenvalue weighted by molar-refractivity contribution is -0.128. The van der Waals surface area contributed by atoms with Gasteiger partial charge in [0.25, 0.3) is 0 Å². The van der Waals surface area contributed by atoms with Gasteiger partial charge in [0.2, 0.25) is 17.7 Å². The lowest BCUT2D eigenvalue weighted by atomic mass is 9.72. The molecule has 1 amide bonds. The molecule has 4 atom stereocenters. The molecule has 4 aliphatic heterocycles. The number of aromatic amines is 1. The van der Waals surface area contributed by atoms with E-state index in [1.807, 2.05) is 38.2 Å². The molecule has 4 aliphatic rings. The molecule has 10 bridgehead atoms. The largest absolute Gasteiger partial charge is 0.469 e. The highest BCUT2D eigenvalue weighted by Gasteiger charge is 2.61. The van der Waals surface area contributed by atoms with Crippen molar-refractivity contribution in [1.82, 2.24) is 20.3 Å². The number of amides is 1. The van der Waals surface area contributed by atoms with E-state index in [-0.39, 0.29) is 18.2 Å². The fourth-order valence-electron chi connectivity index (χ4n) is 8.11. The van der Waals surface area contributed by atoms with Crippen molar-refractivity contribution in [3.8, 4) is 39.8 Å². The van der Waals surface area contributed by atoms with E-state index in [4.69, 9.17) is 23.5 Å². The zero-order chi connectivity index (χ0) is 31.6. The first-order valence-corrected chi connectivity index (χ1v) is 16.0. The van der Waals surface area contributed by atoms with Crippen molar-refractivity contribution in [2.75, 3.05) is 5.32 Å². The minimum Gasteiger partial charge on any atom is -0.469 e. The molecule has 47 heavy (non-hydrogen) atoms. The van der Waals surface area contributed by atoms with Crippen LogP contribution in [0.3, 0.4) is 0 Å². The number of oxazole rings is 2. The Morgan fingerprint density at radius 3 is 2.77 bits per heavy atom. The number of carbonyl (C=O) groups excluding carboxylic acids is 2. The van der Waals surface area contributed by atoms with Crippen molar-refractivity contribution in [3.63, 3.8) is 0 Å². The highest BCUT2D eigenvalue weighted by Crippen LogP contribution is 2.61. The van der Waals surface area contributed by atoms with E-state index in [1.54, 1.807) is 6.20 Å². The first-order chi connectivity index (χ1) is 22.9. The number of nitrogens with one attached hydrogen (secondary N) is 3. The second-order valence-corrected chi connectivity index (χ2v) is 13.2. The van der Waals surface area contributed by atoms with Gasteiger partial charge in [0, 0.05) is 57.4 Å². The molecule has 3 aromatic carbocycles. The zero-order valence-electron chi connectivity index (χ0n) is 25.6. The number of nitrogens with zero attached hydrogens (tertiary/aromatic N) is 2. The Morgan fingerprint density at radius 1 is 1.02 bits per heavy atom. The molecule has 232 valence electrons. The average Bonchev–Trinajstić information content (AvgIpc) is 3.88. The molecule has 0 saturated heterocycles. The van der Waals surface area contributed by atoms with E-state index in [2.05, 4.69) is 52.0 Å². The molecule has 3 aromatic heterocycles. The summed E-state index contributed by atoms with van der Waals surface area (Å²) in [5.74, 6) is 1.61. The molecular weight excluding hydrogens is 594 g/mol. The van der Waals surface area contributed by atoms with Crippen LogP contribution in [0.2, 0.25) is 0 Å². The lowest BCUT2D eigenvalue weighted by Crippen LogP contribution is -2.40. The molecule has 0 aliphatic carbocycles. The molecule has 10 nitrogen and oxygen atoms in total. The third-order valence-electron chi connectivity index (χ3n) is 10.3. The Morgan fingerprint density at radius 2 is 1.89 bits per heavy atom. The minimum atomic E-state index is -0.981. The van der Waals surface area contributed by atoms with E-state index in [9.17, 15) is 9.59 Å². The predicted octanol–water partition coefficient (Wildman–Crippen LogP) is 6.51. The second kappa shape index (κ2) is 9.22. The number of carbonyl (C=O) groups is 2. The molecule has 0 saturated carbocycles. The minimum absolute atomic E-state index is 0.0786. The van der Waals surface area contributed by atoms with E-state index in [1.165, 1.54) is 0 Å². The van der Waals surface area contributed by atoms with Gasteiger partial charge in [0.15, 0.2) is 23.4 Å². The number of benzene rings is 3. The van der Waals surface area contributed by atoms with E-state index in [0.29, 0.717) is 41.2 Å². The Bertz CT molecular complexity index is 2310. The summed E-state index contributed by atoms with van der Waals surface area (Å²) < 4.78 is 20.3. The highest BCUT2D eigenvalue weighted by atomic mass is 16.5. The molecule has 10 rings (SSSR count). The third kappa shape index (κ3) is 3.39. The maximum absolute atomic E-state index is 13.7. The quantitative estimate of drug-likeness (QED) is 0.190. The van der Waals surface area contributed by atoms with Crippen molar-refractivity contribution in [1.29, 1.82) is 0 Å². The second-order valence-electron chi connectivity index (χ2n) is 13.2. The Hall–Kier alpha value is -5.64. The average molecular weight is 624 g/mol. The summed E-state index contributed by atoms with van der Waals surface area (Å²) in [5, 5.41) is 7.97. The molecule has 6 aromatic rings. The molecule has 10 heteroatoms. The van der Waals surface area contributed by atoms with Crippen LogP contribution in [0.1, 0.15) is 54.7 Å². The Kier molecular flexibility index (Phi) is 5.21. The van der Waals surface area contributed by atoms with Gasteiger partial charge in [-0.05, 0) is 35.6 Å². The van der Waals surface area contributed by atoms with Crippen LogP contribution in [-0.4, -0.2) is 33.4 Å². The number of H-pyrrole nitrogens is 1. The molecule has 7 heterocycles. The number of para-hydroxylation sites is 1. The smallest absolute Gasteiger partial charge is 0.249 e. The van der Waals surface area contributed by atoms with Crippen molar-refractivity contribution in [2.45, 2.75) is 44.4 Å². The summed E-state index contributed by atoms with van der Waals surface area (Å²) in [6, 6.07) is 18.0. The van der Waals surface area contributed by atoms with Crippen molar-refractivity contribution < 1.29 is 23.2 Å². The SMILES string of the molecule is CC(C)[C@@H]1NC(=O)C(CC=O)Cc2ccc3c(c2)C24c5cccc(c5N[C@H]2O3)-c2cccc3[nH]cc(c23)-c2cnc(o2)-c2nc1oc24. The van der Waals surface area contributed by atoms with Crippen molar-refractivity contribution in [3.05, 3.63) is 95.3 Å². The van der Waals surface area contributed by atoms with Gasteiger partial charge in [-0.15, -0.1) is 0 Å². The van der Waals surface area contributed by atoms with Gasteiger partial charge >= 0.3 is 0 Å². The number of rotatable bonds is 3. The van der Waals surface area contributed by atoms with Gasteiger partial charge < -0.3 is 34.0 Å². The number of ether oxygens (including phenoxy) is 1. The number of hydrogen-bond donors (Lipinski definition) is 3. The maximum atomic E-state index is 13.7. The molecule has 2 unspecified atom stereocenters. The van der Waals surface area contributed by atoms with E-state index in [0.717, 1.165) is 56.3 Å². The number of anilines is 1. The predicted molar refractivity (Wildman–Crippen MR) is 173 cm³/mol. The lowest BCUT2D eigenvalue weighted by Gasteiger charge is -2.28. The standard InChI is InChI=1S/C37H29N5O5/c1-17(2)29-35-41-31-32(47-35)37-23-7-3-6-21(20-5-4-8-25-28(20)22(15-38-25)27-16-39-34(31)45-27)30(23)42-36(37)46-26-10-9-18(14-24(26)37)13-19(11-12-43)33(44)40-29/h3-10,12,14-17,19,29,36,38,42H,11,13H2,1-2H3,(H,40,44)/t19?,29-,36-,37?/m0/s1. The monoisotopic (exact) mass is 623 g/mol. The number of hydrogen-bond acceptors (Lipinski definition) is 8. The maximum Gasteiger partial charge on any atom is 0.249 e. The fraction of sp³-hybridized carbons (Fsp3) is 0.243. The van der Waals surface area contributed by atoms with Crippen LogP contribution in [-0.2, 0) is 21.4 Å². The van der Waals surface area contributed by atoms with Crippen LogP contribution in [0, 0.1) is 11.8 Å². The normalized spacial score (nSPS) is 23.0. The van der Waals surface area contributed by atoms with Crippen molar-refractivity contribution >= 4 is 28.8 Å². The van der Waals surface area contributed by atoms with Crippen LogP contribution in [0.15, 0.2) is 75.8 Å². The van der Waals surface area contributed by atoms with Crippen LogP contribution in [0.5, 0.6) is 5.75 Å².